The summed E-state index contributed by atoms with van der Waals surface area (Å²) < 4.78 is 25.0. The fourth-order valence-electron chi connectivity index (χ4n) is 12.3. The molecule has 1 atom stereocenters. The first-order valence-corrected chi connectivity index (χ1v) is 29.6. The van der Waals surface area contributed by atoms with Crippen LogP contribution in [0.5, 0.6) is 11.5 Å². The van der Waals surface area contributed by atoms with Gasteiger partial charge in [0.05, 0.1) is 53.0 Å². The van der Waals surface area contributed by atoms with Gasteiger partial charge in [-0.15, -0.1) is 0 Å². The van der Waals surface area contributed by atoms with Crippen molar-refractivity contribution in [2.75, 3.05) is 16.6 Å². The molecule has 14 heteroatoms. The molecule has 2 N–H and O–H groups in total. The van der Waals surface area contributed by atoms with Crippen molar-refractivity contribution < 1.29 is 47.7 Å². The molecule has 0 spiro atoms. The Hall–Kier alpha value is -7.16. The Morgan fingerprint density at radius 2 is 0.753 bits per heavy atom. The largest absolute Gasteiger partial charge is 0.465 e. The van der Waals surface area contributed by atoms with Gasteiger partial charge in [-0.1, -0.05) is 72.8 Å². The Bertz CT molecular complexity index is 2800. The predicted octanol–water partition coefficient (Wildman–Crippen LogP) is 13.1. The van der Waals surface area contributed by atoms with E-state index in [4.69, 9.17) is 18.9 Å². The van der Waals surface area contributed by atoms with E-state index in [2.05, 4.69) is 10.9 Å². The Kier molecular flexibility index (Phi) is 20.6. The van der Waals surface area contributed by atoms with E-state index >= 15 is 0 Å². The Morgan fingerprint density at radius 3 is 1.12 bits per heavy atom. The summed E-state index contributed by atoms with van der Waals surface area (Å²) in [4.78, 5) is 79.3. The van der Waals surface area contributed by atoms with Crippen LogP contribution in [0.1, 0.15) is 135 Å². The second-order valence-corrected chi connectivity index (χ2v) is 23.0. The molecule has 4 saturated carbocycles. The SMILES string of the molecule is CC(=O)C1CCC(C(=O)OCC2CCC(C(=O)Oc3cc(CNN(c4ccccc4)c4ccccc4)c(OC(=O)C4CCC(C(C)OC(=O)C5CCC(C(C)=O)CC5)CC4)cc3CNN(c3ccccc3)c3ccccc3)CC2)CC1. The minimum absolute atomic E-state index is 0.0288. The monoisotopic (exact) mass is 1100 g/mol. The summed E-state index contributed by atoms with van der Waals surface area (Å²) in [5.74, 6) is -0.904. The minimum atomic E-state index is -0.394. The number of carbonyl (C=O) groups excluding carboxylic acids is 6. The summed E-state index contributed by atoms with van der Waals surface area (Å²) in [5, 5.41) is 3.96. The molecule has 9 rings (SSSR count). The number of carbonyl (C=O) groups is 6. The zero-order valence-electron chi connectivity index (χ0n) is 47.3. The molecular formula is C67H80N4O10. The lowest BCUT2D eigenvalue weighted by atomic mass is 9.79. The smallest absolute Gasteiger partial charge is 0.314 e. The average Bonchev–Trinajstić information content (AvgIpc) is 3.51. The van der Waals surface area contributed by atoms with Crippen molar-refractivity contribution in [2.45, 2.75) is 143 Å². The fraction of sp³-hybridized carbons (Fsp3) is 0.463. The van der Waals surface area contributed by atoms with E-state index in [1.54, 1.807) is 13.8 Å². The number of esters is 4. The van der Waals surface area contributed by atoms with Crippen LogP contribution in [0, 0.1) is 47.3 Å². The van der Waals surface area contributed by atoms with Gasteiger partial charge in [-0.25, -0.2) is 10.9 Å². The molecule has 0 radical (unpaired) electrons. The van der Waals surface area contributed by atoms with Crippen molar-refractivity contribution in [1.82, 2.24) is 10.9 Å². The second kappa shape index (κ2) is 28.5. The Morgan fingerprint density at radius 1 is 0.432 bits per heavy atom. The number of benzene rings is 5. The van der Waals surface area contributed by atoms with Crippen LogP contribution < -0.4 is 30.3 Å². The van der Waals surface area contributed by atoms with E-state index in [0.29, 0.717) is 106 Å². The molecule has 0 aliphatic heterocycles. The highest BCUT2D eigenvalue weighted by Gasteiger charge is 2.36. The topological polar surface area (TPSA) is 170 Å². The van der Waals surface area contributed by atoms with E-state index in [1.807, 2.05) is 150 Å². The van der Waals surface area contributed by atoms with Crippen LogP contribution >= 0.6 is 0 Å². The number of anilines is 4. The first kappa shape index (κ1) is 58.5. The molecule has 0 amide bonds. The molecule has 0 heterocycles. The second-order valence-electron chi connectivity index (χ2n) is 23.0. The normalized spacial score (nSPS) is 23.2. The number of hydrogen-bond donors (Lipinski definition) is 2. The van der Waals surface area contributed by atoms with Crippen LogP contribution in [-0.4, -0.2) is 48.2 Å². The Balaban J connectivity index is 0.947. The van der Waals surface area contributed by atoms with Crippen molar-refractivity contribution in [3.63, 3.8) is 0 Å². The van der Waals surface area contributed by atoms with Gasteiger partial charge < -0.3 is 18.9 Å². The zero-order valence-corrected chi connectivity index (χ0v) is 47.3. The fourth-order valence-corrected chi connectivity index (χ4v) is 12.3. The van der Waals surface area contributed by atoms with Crippen molar-refractivity contribution >= 4 is 58.2 Å². The van der Waals surface area contributed by atoms with Gasteiger partial charge in [-0.05, 0) is 196 Å². The highest BCUT2D eigenvalue weighted by molar-refractivity contribution is 5.80. The standard InChI is InChI=1S/C67H80N4O10/c1-45(72)49-28-34-52(35-29-49)64(74)78-44-48-24-26-53(27-25-48)66(76)80-62-40-57(43-69-71(60-20-12-6-13-21-60)61-22-14-7-15-23-61)63(41-56(62)42-68-70(58-16-8-4-9-17-58)59-18-10-5-11-19-59)81-67(77)55-38-32-51(33-39-55)47(3)79-65(75)54-36-30-50(31-37-54)46(2)73/h4-23,40-41,47-55,68-69H,24-39,42-44H2,1-3H3. The van der Waals surface area contributed by atoms with Crippen LogP contribution in [-0.2, 0) is 51.3 Å². The number of ether oxygens (including phenoxy) is 4. The van der Waals surface area contributed by atoms with Gasteiger partial charge in [-0.3, -0.25) is 38.8 Å². The quantitative estimate of drug-likeness (QED) is 0.0381. The highest BCUT2D eigenvalue weighted by atomic mass is 16.6. The first-order valence-electron chi connectivity index (χ1n) is 29.6. The number of hydrazine groups is 2. The summed E-state index contributed by atoms with van der Waals surface area (Å²) in [5.41, 5.74) is 12.0. The van der Waals surface area contributed by atoms with E-state index in [0.717, 1.165) is 48.4 Å². The maximum atomic E-state index is 14.6. The van der Waals surface area contributed by atoms with E-state index in [-0.39, 0.29) is 96.1 Å². The zero-order chi connectivity index (χ0) is 56.7. The van der Waals surface area contributed by atoms with E-state index < -0.39 is 5.92 Å². The van der Waals surface area contributed by atoms with Crippen LogP contribution in [0.15, 0.2) is 133 Å². The lowest BCUT2D eigenvalue weighted by Crippen LogP contribution is -2.35. The van der Waals surface area contributed by atoms with Crippen LogP contribution in [0.25, 0.3) is 0 Å². The third-order valence-corrected chi connectivity index (χ3v) is 17.6. The molecular weight excluding hydrogens is 1020 g/mol. The molecule has 5 aromatic carbocycles. The molecule has 81 heavy (non-hydrogen) atoms. The molecule has 0 aromatic heterocycles. The molecule has 4 aliphatic carbocycles. The summed E-state index contributed by atoms with van der Waals surface area (Å²) in [6.45, 7) is 5.87. The van der Waals surface area contributed by atoms with Gasteiger partial charge in [0, 0.05) is 36.1 Å². The predicted molar refractivity (Wildman–Crippen MR) is 311 cm³/mol. The lowest BCUT2D eigenvalue weighted by molar-refractivity contribution is -0.159. The minimum Gasteiger partial charge on any atom is -0.465 e. The molecule has 0 bridgehead atoms. The van der Waals surface area contributed by atoms with Crippen LogP contribution in [0.4, 0.5) is 22.7 Å². The van der Waals surface area contributed by atoms with Gasteiger partial charge in [0.25, 0.3) is 0 Å². The van der Waals surface area contributed by atoms with Crippen molar-refractivity contribution in [2.24, 2.45) is 47.3 Å². The third-order valence-electron chi connectivity index (χ3n) is 17.6. The van der Waals surface area contributed by atoms with Crippen LogP contribution in [0.3, 0.4) is 0 Å². The summed E-state index contributed by atoms with van der Waals surface area (Å²) in [6.07, 6.45) is 10.3. The van der Waals surface area contributed by atoms with Gasteiger partial charge >= 0.3 is 23.9 Å². The number of hydrogen-bond acceptors (Lipinski definition) is 14. The molecule has 0 saturated heterocycles. The number of para-hydroxylation sites is 4. The van der Waals surface area contributed by atoms with Crippen molar-refractivity contribution in [3.8, 4) is 11.5 Å². The maximum absolute atomic E-state index is 14.6. The summed E-state index contributed by atoms with van der Waals surface area (Å²) >= 11 is 0. The van der Waals surface area contributed by atoms with Crippen molar-refractivity contribution in [1.29, 1.82) is 0 Å². The summed E-state index contributed by atoms with van der Waals surface area (Å²) in [6, 6.07) is 43.3. The van der Waals surface area contributed by atoms with Gasteiger partial charge in [0.2, 0.25) is 0 Å². The van der Waals surface area contributed by atoms with E-state index in [9.17, 15) is 28.8 Å². The maximum Gasteiger partial charge on any atom is 0.314 e. The molecule has 428 valence electrons. The van der Waals surface area contributed by atoms with Crippen molar-refractivity contribution in [3.05, 3.63) is 145 Å². The number of nitrogens with zero attached hydrogens (tertiary/aromatic N) is 2. The van der Waals surface area contributed by atoms with Crippen LogP contribution in [0.2, 0.25) is 0 Å². The average molecular weight is 1100 g/mol. The number of ketones is 2. The van der Waals surface area contributed by atoms with E-state index in [1.165, 1.54) is 0 Å². The van der Waals surface area contributed by atoms with Gasteiger partial charge in [0.1, 0.15) is 29.2 Å². The third kappa shape index (κ3) is 15.9. The molecule has 14 nitrogen and oxygen atoms in total. The molecule has 5 aromatic rings. The first-order chi connectivity index (χ1) is 39.4. The summed E-state index contributed by atoms with van der Waals surface area (Å²) in [7, 11) is 0. The number of nitrogens with one attached hydrogen (secondary N) is 2. The number of Topliss-reactive ketones (excluding diaryl/α,β-unsaturated/α-hetero) is 2. The van der Waals surface area contributed by atoms with Gasteiger partial charge in [0.15, 0.2) is 0 Å². The molecule has 4 fully saturated rings. The molecule has 1 unspecified atom stereocenters. The highest BCUT2D eigenvalue weighted by Crippen LogP contribution is 2.39. The molecule has 4 aliphatic rings. The lowest BCUT2D eigenvalue weighted by Gasteiger charge is -2.33. The number of rotatable bonds is 22. The van der Waals surface area contributed by atoms with Gasteiger partial charge in [-0.2, -0.15) is 0 Å². The Labute approximate surface area is 477 Å².